The Kier molecular flexibility index (Phi) is 4.47. The molecule has 0 saturated carbocycles. The standard InChI is InChI=1S/C15H18N4OS/c20-14(17-18-10-5-2-6-11-18)19(15-16-9-12-21-15)13-7-3-1-4-8-13/h1,3-4,7-9,12H,2,5-6,10-11H2,(H,17,20). The molecule has 5 nitrogen and oxygen atoms in total. The van der Waals surface area contributed by atoms with Gasteiger partial charge in [-0.3, -0.25) is 5.43 Å². The minimum absolute atomic E-state index is 0.155. The number of hydrazine groups is 1. The fourth-order valence-corrected chi connectivity index (χ4v) is 3.07. The Hall–Kier alpha value is -1.92. The Morgan fingerprint density at radius 2 is 1.95 bits per heavy atom. The van der Waals surface area contributed by atoms with Crippen LogP contribution in [0.4, 0.5) is 15.6 Å². The number of piperidine rings is 1. The van der Waals surface area contributed by atoms with Crippen LogP contribution in [0.5, 0.6) is 0 Å². The molecule has 2 amide bonds. The molecule has 0 radical (unpaired) electrons. The Morgan fingerprint density at radius 1 is 1.19 bits per heavy atom. The van der Waals surface area contributed by atoms with Gasteiger partial charge >= 0.3 is 6.03 Å². The highest BCUT2D eigenvalue weighted by atomic mass is 32.1. The molecule has 0 unspecified atom stereocenters. The molecule has 1 aliphatic rings. The van der Waals surface area contributed by atoms with Gasteiger partial charge in [-0.15, -0.1) is 11.3 Å². The lowest BCUT2D eigenvalue weighted by Crippen LogP contribution is -2.49. The largest absolute Gasteiger partial charge is 0.342 e. The Balaban J connectivity index is 1.80. The number of rotatable bonds is 3. The zero-order valence-corrected chi connectivity index (χ0v) is 12.6. The number of carbonyl (C=O) groups is 1. The van der Waals surface area contributed by atoms with Crippen molar-refractivity contribution < 1.29 is 4.79 Å². The van der Waals surface area contributed by atoms with Gasteiger partial charge < -0.3 is 0 Å². The maximum absolute atomic E-state index is 12.7. The molecule has 0 aliphatic carbocycles. The number of para-hydroxylation sites is 1. The van der Waals surface area contributed by atoms with E-state index in [-0.39, 0.29) is 6.03 Å². The fraction of sp³-hybridized carbons (Fsp3) is 0.333. The molecule has 1 aromatic carbocycles. The number of hydrogen-bond donors (Lipinski definition) is 1. The molecular formula is C15H18N4OS. The first-order valence-electron chi connectivity index (χ1n) is 7.15. The van der Waals surface area contributed by atoms with Gasteiger partial charge in [0.2, 0.25) is 0 Å². The van der Waals surface area contributed by atoms with Crippen molar-refractivity contribution in [3.05, 3.63) is 41.9 Å². The second-order valence-electron chi connectivity index (χ2n) is 4.95. The number of hydrogen-bond acceptors (Lipinski definition) is 4. The third-order valence-corrected chi connectivity index (χ3v) is 4.19. The number of urea groups is 1. The summed E-state index contributed by atoms with van der Waals surface area (Å²) in [6, 6.07) is 9.45. The van der Waals surface area contributed by atoms with Crippen LogP contribution in [-0.2, 0) is 0 Å². The predicted molar refractivity (Wildman–Crippen MR) is 84.7 cm³/mol. The first-order valence-corrected chi connectivity index (χ1v) is 8.03. The van der Waals surface area contributed by atoms with Gasteiger partial charge in [0, 0.05) is 24.7 Å². The maximum atomic E-state index is 12.7. The molecule has 0 spiro atoms. The molecule has 2 heterocycles. The van der Waals surface area contributed by atoms with Crippen molar-refractivity contribution in [1.82, 2.24) is 15.4 Å². The molecule has 21 heavy (non-hydrogen) atoms. The van der Waals surface area contributed by atoms with Gasteiger partial charge in [0.1, 0.15) is 0 Å². The van der Waals surface area contributed by atoms with E-state index in [2.05, 4.69) is 10.4 Å². The van der Waals surface area contributed by atoms with Crippen LogP contribution in [0.25, 0.3) is 0 Å². The summed E-state index contributed by atoms with van der Waals surface area (Å²) >= 11 is 1.45. The minimum Gasteiger partial charge on any atom is -0.270 e. The molecule has 3 rings (SSSR count). The second kappa shape index (κ2) is 6.69. The van der Waals surface area contributed by atoms with E-state index in [0.717, 1.165) is 31.6 Å². The van der Waals surface area contributed by atoms with E-state index in [4.69, 9.17) is 0 Å². The monoisotopic (exact) mass is 302 g/mol. The van der Waals surface area contributed by atoms with Gasteiger partial charge in [0.15, 0.2) is 5.13 Å². The SMILES string of the molecule is O=C(NN1CCCCC1)N(c1ccccc1)c1nccs1. The van der Waals surface area contributed by atoms with Crippen LogP contribution in [0, 0.1) is 0 Å². The number of carbonyl (C=O) groups excluding carboxylic acids is 1. The smallest absolute Gasteiger partial charge is 0.270 e. The zero-order chi connectivity index (χ0) is 14.5. The number of nitrogens with zero attached hydrogens (tertiary/aromatic N) is 3. The fourth-order valence-electron chi connectivity index (χ4n) is 2.41. The summed E-state index contributed by atoms with van der Waals surface area (Å²) in [6.07, 6.45) is 5.21. The highest BCUT2D eigenvalue weighted by Gasteiger charge is 2.22. The van der Waals surface area contributed by atoms with Crippen molar-refractivity contribution in [2.24, 2.45) is 0 Å². The van der Waals surface area contributed by atoms with Gasteiger partial charge in [0.05, 0.1) is 5.69 Å². The van der Waals surface area contributed by atoms with Crippen molar-refractivity contribution in [2.45, 2.75) is 19.3 Å². The number of nitrogens with one attached hydrogen (secondary N) is 1. The number of anilines is 2. The van der Waals surface area contributed by atoms with Gasteiger partial charge in [-0.2, -0.15) is 0 Å². The van der Waals surface area contributed by atoms with Crippen molar-refractivity contribution in [3.63, 3.8) is 0 Å². The topological polar surface area (TPSA) is 48.5 Å². The van der Waals surface area contributed by atoms with Crippen molar-refractivity contribution in [1.29, 1.82) is 0 Å². The van der Waals surface area contributed by atoms with Gasteiger partial charge in [-0.25, -0.2) is 19.7 Å². The zero-order valence-electron chi connectivity index (χ0n) is 11.7. The van der Waals surface area contributed by atoms with Crippen LogP contribution in [-0.4, -0.2) is 29.1 Å². The lowest BCUT2D eigenvalue weighted by atomic mass is 10.2. The summed E-state index contributed by atoms with van der Waals surface area (Å²) in [7, 11) is 0. The Morgan fingerprint density at radius 3 is 2.62 bits per heavy atom. The molecule has 1 aliphatic heterocycles. The van der Waals surface area contributed by atoms with Crippen LogP contribution in [0.15, 0.2) is 41.9 Å². The van der Waals surface area contributed by atoms with E-state index in [1.165, 1.54) is 17.8 Å². The summed E-state index contributed by atoms with van der Waals surface area (Å²) < 4.78 is 0. The van der Waals surface area contributed by atoms with Gasteiger partial charge in [-0.05, 0) is 25.0 Å². The van der Waals surface area contributed by atoms with Crippen molar-refractivity contribution in [3.8, 4) is 0 Å². The summed E-state index contributed by atoms with van der Waals surface area (Å²) in [6.45, 7) is 1.82. The van der Waals surface area contributed by atoms with E-state index in [1.807, 2.05) is 40.7 Å². The van der Waals surface area contributed by atoms with Crippen LogP contribution in [0.1, 0.15) is 19.3 Å². The number of amides is 2. The van der Waals surface area contributed by atoms with E-state index in [0.29, 0.717) is 5.13 Å². The maximum Gasteiger partial charge on any atom is 0.342 e. The summed E-state index contributed by atoms with van der Waals surface area (Å²) in [4.78, 5) is 18.5. The quantitative estimate of drug-likeness (QED) is 0.945. The number of aromatic nitrogens is 1. The molecule has 1 N–H and O–H groups in total. The summed E-state index contributed by atoms with van der Waals surface area (Å²) in [5, 5.41) is 4.55. The highest BCUT2D eigenvalue weighted by Crippen LogP contribution is 2.27. The Bertz CT molecular complexity index is 567. The second-order valence-corrected chi connectivity index (χ2v) is 5.82. The van der Waals surface area contributed by atoms with Gasteiger partial charge in [0.25, 0.3) is 0 Å². The van der Waals surface area contributed by atoms with Crippen LogP contribution < -0.4 is 10.3 Å². The van der Waals surface area contributed by atoms with Crippen LogP contribution in [0.2, 0.25) is 0 Å². The summed E-state index contributed by atoms with van der Waals surface area (Å²) in [5.41, 5.74) is 3.81. The average Bonchev–Trinajstić information content (AvgIpc) is 3.03. The molecule has 1 saturated heterocycles. The molecule has 0 atom stereocenters. The predicted octanol–water partition coefficient (Wildman–Crippen LogP) is 3.39. The van der Waals surface area contributed by atoms with E-state index >= 15 is 0 Å². The van der Waals surface area contributed by atoms with Crippen molar-refractivity contribution in [2.75, 3.05) is 18.0 Å². The summed E-state index contributed by atoms with van der Waals surface area (Å²) in [5.74, 6) is 0. The van der Waals surface area contributed by atoms with Crippen molar-refractivity contribution >= 4 is 28.2 Å². The molecule has 2 aromatic rings. The van der Waals surface area contributed by atoms with E-state index < -0.39 is 0 Å². The first-order chi connectivity index (χ1) is 10.3. The normalized spacial score (nSPS) is 15.6. The molecule has 0 bridgehead atoms. The lowest BCUT2D eigenvalue weighted by molar-refractivity contribution is 0.159. The average molecular weight is 302 g/mol. The highest BCUT2D eigenvalue weighted by molar-refractivity contribution is 7.13. The molecule has 110 valence electrons. The number of thiazole rings is 1. The minimum atomic E-state index is -0.155. The van der Waals surface area contributed by atoms with Crippen LogP contribution in [0.3, 0.4) is 0 Å². The lowest BCUT2D eigenvalue weighted by Gasteiger charge is -2.29. The molecule has 6 heteroatoms. The Labute approximate surface area is 128 Å². The van der Waals surface area contributed by atoms with Gasteiger partial charge in [-0.1, -0.05) is 24.6 Å². The first kappa shape index (κ1) is 14.0. The third-order valence-electron chi connectivity index (χ3n) is 3.44. The van der Waals surface area contributed by atoms with E-state index in [9.17, 15) is 4.79 Å². The third kappa shape index (κ3) is 3.40. The molecular weight excluding hydrogens is 284 g/mol. The van der Waals surface area contributed by atoms with Crippen LogP contribution >= 0.6 is 11.3 Å². The molecule has 1 fully saturated rings. The van der Waals surface area contributed by atoms with E-state index in [1.54, 1.807) is 11.1 Å². The number of benzene rings is 1. The molecule has 1 aromatic heterocycles.